The van der Waals surface area contributed by atoms with Crippen LogP contribution in [-0.4, -0.2) is 36.5 Å². The molecule has 0 radical (unpaired) electrons. The SMILES string of the molecule is CC(C)NC(=O)Nc1ccc(CNC(=O)C2CC(F)(F)CN2)cc1. The molecule has 0 saturated carbocycles. The van der Waals surface area contributed by atoms with Crippen molar-refractivity contribution in [2.45, 2.75) is 44.8 Å². The van der Waals surface area contributed by atoms with Gasteiger partial charge in [0.05, 0.1) is 12.6 Å². The monoisotopic (exact) mass is 340 g/mol. The predicted octanol–water partition coefficient (Wildman–Crippen LogP) is 1.83. The number of rotatable bonds is 5. The third-order valence-electron chi connectivity index (χ3n) is 3.52. The largest absolute Gasteiger partial charge is 0.351 e. The Morgan fingerprint density at radius 3 is 2.50 bits per heavy atom. The smallest absolute Gasteiger partial charge is 0.319 e. The Balaban J connectivity index is 1.79. The molecular weight excluding hydrogens is 318 g/mol. The van der Waals surface area contributed by atoms with E-state index in [0.29, 0.717) is 5.69 Å². The van der Waals surface area contributed by atoms with Crippen LogP contribution in [0.3, 0.4) is 0 Å². The van der Waals surface area contributed by atoms with E-state index >= 15 is 0 Å². The second-order valence-corrected chi connectivity index (χ2v) is 6.16. The number of hydrogen-bond acceptors (Lipinski definition) is 3. The van der Waals surface area contributed by atoms with E-state index in [4.69, 9.17) is 0 Å². The first-order valence-electron chi connectivity index (χ1n) is 7.80. The van der Waals surface area contributed by atoms with Crippen molar-refractivity contribution >= 4 is 17.6 Å². The molecule has 2 rings (SSSR count). The van der Waals surface area contributed by atoms with E-state index in [9.17, 15) is 18.4 Å². The van der Waals surface area contributed by atoms with Gasteiger partial charge in [-0.3, -0.25) is 10.1 Å². The summed E-state index contributed by atoms with van der Waals surface area (Å²) in [6.45, 7) is 3.49. The van der Waals surface area contributed by atoms with Crippen LogP contribution in [0.15, 0.2) is 24.3 Å². The third-order valence-corrected chi connectivity index (χ3v) is 3.52. The first kappa shape index (κ1) is 18.1. The number of carbonyl (C=O) groups is 2. The van der Waals surface area contributed by atoms with Crippen LogP contribution in [0.4, 0.5) is 19.3 Å². The van der Waals surface area contributed by atoms with Crippen molar-refractivity contribution in [3.05, 3.63) is 29.8 Å². The highest BCUT2D eigenvalue weighted by Crippen LogP contribution is 2.25. The van der Waals surface area contributed by atoms with Crippen molar-refractivity contribution in [2.75, 3.05) is 11.9 Å². The lowest BCUT2D eigenvalue weighted by molar-refractivity contribution is -0.123. The van der Waals surface area contributed by atoms with E-state index in [0.717, 1.165) is 5.56 Å². The molecule has 1 unspecified atom stereocenters. The molecule has 1 aromatic rings. The van der Waals surface area contributed by atoms with E-state index in [1.807, 2.05) is 13.8 Å². The Hall–Kier alpha value is -2.22. The molecule has 0 bridgehead atoms. The summed E-state index contributed by atoms with van der Waals surface area (Å²) in [6.07, 6.45) is -0.480. The first-order valence-corrected chi connectivity index (χ1v) is 7.80. The van der Waals surface area contributed by atoms with Gasteiger partial charge in [-0.05, 0) is 31.5 Å². The number of halogens is 2. The van der Waals surface area contributed by atoms with Crippen LogP contribution < -0.4 is 21.3 Å². The molecule has 8 heteroatoms. The molecule has 132 valence electrons. The van der Waals surface area contributed by atoms with Crippen molar-refractivity contribution in [3.63, 3.8) is 0 Å². The Bertz CT molecular complexity index is 590. The number of amides is 3. The highest BCUT2D eigenvalue weighted by atomic mass is 19.3. The molecule has 1 aliphatic rings. The fraction of sp³-hybridized carbons (Fsp3) is 0.500. The van der Waals surface area contributed by atoms with Crippen LogP contribution in [0, 0.1) is 0 Å². The molecule has 1 aliphatic heterocycles. The van der Waals surface area contributed by atoms with Crippen LogP contribution in [0.5, 0.6) is 0 Å². The quantitative estimate of drug-likeness (QED) is 0.660. The predicted molar refractivity (Wildman–Crippen MR) is 86.9 cm³/mol. The summed E-state index contributed by atoms with van der Waals surface area (Å²) < 4.78 is 26.1. The standard InChI is InChI=1S/C16H22F2N4O2/c1-10(2)21-15(24)22-12-5-3-11(4-6-12)8-19-14(23)13-7-16(17,18)9-20-13/h3-6,10,13,20H,7-9H2,1-2H3,(H,19,23)(H2,21,22,24). The second-order valence-electron chi connectivity index (χ2n) is 6.16. The van der Waals surface area contributed by atoms with Gasteiger partial charge in [0, 0.05) is 24.7 Å². The Labute approximate surface area is 139 Å². The number of alkyl halides is 2. The fourth-order valence-corrected chi connectivity index (χ4v) is 2.35. The molecular formula is C16H22F2N4O2. The van der Waals surface area contributed by atoms with Gasteiger partial charge < -0.3 is 16.0 Å². The van der Waals surface area contributed by atoms with Gasteiger partial charge in [-0.15, -0.1) is 0 Å². The van der Waals surface area contributed by atoms with Crippen molar-refractivity contribution in [2.24, 2.45) is 0 Å². The normalized spacial score (nSPS) is 19.1. The molecule has 3 amide bonds. The van der Waals surface area contributed by atoms with Gasteiger partial charge in [-0.1, -0.05) is 12.1 Å². The zero-order chi connectivity index (χ0) is 17.7. The van der Waals surface area contributed by atoms with Crippen LogP contribution in [0.1, 0.15) is 25.8 Å². The maximum Gasteiger partial charge on any atom is 0.319 e. The van der Waals surface area contributed by atoms with Gasteiger partial charge in [0.1, 0.15) is 0 Å². The van der Waals surface area contributed by atoms with E-state index < -0.39 is 30.8 Å². The second kappa shape index (κ2) is 7.57. The summed E-state index contributed by atoms with van der Waals surface area (Å²) in [5.74, 6) is -3.27. The summed E-state index contributed by atoms with van der Waals surface area (Å²) in [6, 6.07) is 5.81. The van der Waals surface area contributed by atoms with Gasteiger partial charge >= 0.3 is 6.03 Å². The molecule has 24 heavy (non-hydrogen) atoms. The Morgan fingerprint density at radius 1 is 1.29 bits per heavy atom. The number of urea groups is 1. The molecule has 1 aromatic carbocycles. The van der Waals surface area contributed by atoms with Gasteiger partial charge in [0.25, 0.3) is 5.92 Å². The van der Waals surface area contributed by atoms with E-state index in [1.54, 1.807) is 24.3 Å². The lowest BCUT2D eigenvalue weighted by Gasteiger charge is -2.12. The maximum atomic E-state index is 13.1. The Morgan fingerprint density at radius 2 is 1.96 bits per heavy atom. The molecule has 0 spiro atoms. The lowest BCUT2D eigenvalue weighted by atomic mass is 10.1. The molecule has 0 aliphatic carbocycles. The molecule has 4 N–H and O–H groups in total. The molecule has 1 heterocycles. The van der Waals surface area contributed by atoms with Crippen molar-refractivity contribution in [1.29, 1.82) is 0 Å². The molecule has 1 fully saturated rings. The topological polar surface area (TPSA) is 82.3 Å². The number of carbonyl (C=O) groups excluding carboxylic acids is 2. The molecule has 1 atom stereocenters. The summed E-state index contributed by atoms with van der Waals surface area (Å²) in [5, 5.41) is 10.5. The first-order chi connectivity index (χ1) is 11.2. The molecule has 1 saturated heterocycles. The van der Waals surface area contributed by atoms with Crippen molar-refractivity contribution in [1.82, 2.24) is 16.0 Å². The summed E-state index contributed by atoms with van der Waals surface area (Å²) in [7, 11) is 0. The van der Waals surface area contributed by atoms with Crippen LogP contribution in [0.2, 0.25) is 0 Å². The van der Waals surface area contributed by atoms with E-state index in [2.05, 4.69) is 21.3 Å². The maximum absolute atomic E-state index is 13.1. The van der Waals surface area contributed by atoms with Crippen molar-refractivity contribution in [3.8, 4) is 0 Å². The van der Waals surface area contributed by atoms with E-state index in [-0.39, 0.29) is 18.6 Å². The number of hydrogen-bond donors (Lipinski definition) is 4. The van der Waals surface area contributed by atoms with Crippen LogP contribution in [-0.2, 0) is 11.3 Å². The number of nitrogens with one attached hydrogen (secondary N) is 4. The highest BCUT2D eigenvalue weighted by Gasteiger charge is 2.42. The van der Waals surface area contributed by atoms with Gasteiger partial charge in [0.2, 0.25) is 5.91 Å². The van der Waals surface area contributed by atoms with Crippen molar-refractivity contribution < 1.29 is 18.4 Å². The zero-order valence-electron chi connectivity index (χ0n) is 13.7. The third kappa shape index (κ3) is 5.45. The van der Waals surface area contributed by atoms with Gasteiger partial charge in [-0.2, -0.15) is 0 Å². The Kier molecular flexibility index (Phi) is 5.71. The summed E-state index contributed by atoms with van der Waals surface area (Å²) >= 11 is 0. The van der Waals surface area contributed by atoms with Gasteiger partial charge in [-0.25, -0.2) is 13.6 Å². The number of anilines is 1. The minimum Gasteiger partial charge on any atom is -0.351 e. The molecule has 6 nitrogen and oxygen atoms in total. The van der Waals surface area contributed by atoms with Gasteiger partial charge in [0.15, 0.2) is 0 Å². The highest BCUT2D eigenvalue weighted by molar-refractivity contribution is 5.89. The number of benzene rings is 1. The average molecular weight is 340 g/mol. The molecule has 0 aromatic heterocycles. The lowest BCUT2D eigenvalue weighted by Crippen LogP contribution is -2.40. The van der Waals surface area contributed by atoms with E-state index in [1.165, 1.54) is 0 Å². The van der Waals surface area contributed by atoms with Crippen LogP contribution >= 0.6 is 0 Å². The fourth-order valence-electron chi connectivity index (χ4n) is 2.35. The zero-order valence-corrected chi connectivity index (χ0v) is 13.7. The minimum atomic E-state index is -2.83. The average Bonchev–Trinajstić information content (AvgIpc) is 2.85. The summed E-state index contributed by atoms with van der Waals surface area (Å²) in [4.78, 5) is 23.4. The minimum absolute atomic E-state index is 0.0380. The van der Waals surface area contributed by atoms with Crippen LogP contribution in [0.25, 0.3) is 0 Å². The summed E-state index contributed by atoms with van der Waals surface area (Å²) in [5.41, 5.74) is 1.43.